The highest BCUT2D eigenvalue weighted by Gasteiger charge is 2.45. The molecule has 104 valence electrons. The van der Waals surface area contributed by atoms with E-state index in [1.807, 2.05) is 6.07 Å². The molecular formula is C14H15N3O3. The standard InChI is InChI=1S/C14H15N3O3/c1-14(2)12(18)16-13(19)17(14)8-10-6-9(7-15)4-5-11(10)20-3/h4-6H,8H2,1-3H3,(H,16,18,19). The molecule has 0 bridgehead atoms. The topological polar surface area (TPSA) is 82.4 Å². The molecule has 0 radical (unpaired) electrons. The van der Waals surface area contributed by atoms with Crippen LogP contribution in [0, 0.1) is 11.3 Å². The summed E-state index contributed by atoms with van der Waals surface area (Å²) in [5.74, 6) is 0.241. The number of methoxy groups -OCH3 is 1. The molecule has 1 heterocycles. The van der Waals surface area contributed by atoms with E-state index in [1.165, 1.54) is 12.0 Å². The van der Waals surface area contributed by atoms with Crippen LogP contribution in [0.4, 0.5) is 4.79 Å². The number of hydrogen-bond donors (Lipinski definition) is 1. The van der Waals surface area contributed by atoms with E-state index in [1.54, 1.807) is 32.0 Å². The number of benzene rings is 1. The summed E-state index contributed by atoms with van der Waals surface area (Å²) in [7, 11) is 1.52. The zero-order valence-electron chi connectivity index (χ0n) is 11.6. The highest BCUT2D eigenvalue weighted by molar-refractivity contribution is 6.06. The van der Waals surface area contributed by atoms with Crippen molar-refractivity contribution in [3.05, 3.63) is 29.3 Å². The average Bonchev–Trinajstić information content (AvgIpc) is 2.61. The van der Waals surface area contributed by atoms with Gasteiger partial charge in [-0.1, -0.05) is 0 Å². The fraction of sp³-hybridized carbons (Fsp3) is 0.357. The van der Waals surface area contributed by atoms with Crippen molar-refractivity contribution in [2.75, 3.05) is 7.11 Å². The number of nitrogens with one attached hydrogen (secondary N) is 1. The molecule has 3 amide bonds. The highest BCUT2D eigenvalue weighted by atomic mass is 16.5. The third-order valence-corrected chi connectivity index (χ3v) is 3.43. The lowest BCUT2D eigenvalue weighted by atomic mass is 10.0. The lowest BCUT2D eigenvalue weighted by Crippen LogP contribution is -2.43. The fourth-order valence-corrected chi connectivity index (χ4v) is 2.11. The second kappa shape index (κ2) is 4.85. The number of amides is 3. The average molecular weight is 273 g/mol. The van der Waals surface area contributed by atoms with Crippen LogP contribution in [0.15, 0.2) is 18.2 Å². The van der Waals surface area contributed by atoms with E-state index in [2.05, 4.69) is 5.32 Å². The molecule has 1 saturated heterocycles. The number of carbonyl (C=O) groups excluding carboxylic acids is 2. The van der Waals surface area contributed by atoms with E-state index in [4.69, 9.17) is 10.00 Å². The third kappa shape index (κ3) is 2.18. The van der Waals surface area contributed by atoms with E-state index >= 15 is 0 Å². The van der Waals surface area contributed by atoms with Gasteiger partial charge in [0.15, 0.2) is 0 Å². The van der Waals surface area contributed by atoms with Crippen molar-refractivity contribution < 1.29 is 14.3 Å². The maximum absolute atomic E-state index is 11.8. The van der Waals surface area contributed by atoms with Gasteiger partial charge in [-0.15, -0.1) is 0 Å². The Morgan fingerprint density at radius 1 is 1.40 bits per heavy atom. The van der Waals surface area contributed by atoms with Gasteiger partial charge in [0.25, 0.3) is 5.91 Å². The zero-order valence-corrected chi connectivity index (χ0v) is 11.6. The summed E-state index contributed by atoms with van der Waals surface area (Å²) in [6, 6.07) is 6.58. The van der Waals surface area contributed by atoms with E-state index in [0.29, 0.717) is 16.9 Å². The van der Waals surface area contributed by atoms with E-state index in [0.717, 1.165) is 0 Å². The van der Waals surface area contributed by atoms with E-state index in [9.17, 15) is 9.59 Å². The molecule has 0 aromatic heterocycles. The molecule has 2 rings (SSSR count). The summed E-state index contributed by atoms with van der Waals surface area (Å²) in [5, 5.41) is 11.2. The third-order valence-electron chi connectivity index (χ3n) is 3.43. The van der Waals surface area contributed by atoms with Crippen molar-refractivity contribution in [2.45, 2.75) is 25.9 Å². The van der Waals surface area contributed by atoms with Gasteiger partial charge in [-0.25, -0.2) is 4.79 Å². The summed E-state index contributed by atoms with van der Waals surface area (Å²) in [4.78, 5) is 25.0. The quantitative estimate of drug-likeness (QED) is 0.844. The molecule has 20 heavy (non-hydrogen) atoms. The van der Waals surface area contributed by atoms with Crippen LogP contribution >= 0.6 is 0 Å². The number of imide groups is 1. The van der Waals surface area contributed by atoms with Gasteiger partial charge in [0.2, 0.25) is 0 Å². The second-order valence-electron chi connectivity index (χ2n) is 5.04. The van der Waals surface area contributed by atoms with Crippen LogP contribution in [0.1, 0.15) is 25.0 Å². The van der Waals surface area contributed by atoms with Gasteiger partial charge < -0.3 is 9.64 Å². The first kappa shape index (κ1) is 13.9. The summed E-state index contributed by atoms with van der Waals surface area (Å²) in [6.07, 6.45) is 0. The van der Waals surface area contributed by atoms with Crippen molar-refractivity contribution in [2.24, 2.45) is 0 Å². The van der Waals surface area contributed by atoms with Crippen molar-refractivity contribution in [3.8, 4) is 11.8 Å². The monoisotopic (exact) mass is 273 g/mol. The van der Waals surface area contributed by atoms with Gasteiger partial charge in [-0.3, -0.25) is 10.1 Å². The molecule has 0 atom stereocenters. The van der Waals surface area contributed by atoms with Crippen LogP contribution in [0.3, 0.4) is 0 Å². The Morgan fingerprint density at radius 3 is 2.60 bits per heavy atom. The maximum Gasteiger partial charge on any atom is 0.325 e. The Bertz CT molecular complexity index is 617. The van der Waals surface area contributed by atoms with Crippen LogP contribution < -0.4 is 10.1 Å². The molecule has 1 aromatic carbocycles. The molecule has 1 aliphatic heterocycles. The van der Waals surface area contributed by atoms with Crippen LogP contribution in [-0.2, 0) is 11.3 Å². The second-order valence-corrected chi connectivity index (χ2v) is 5.04. The minimum Gasteiger partial charge on any atom is -0.496 e. The Kier molecular flexibility index (Phi) is 3.36. The first-order chi connectivity index (χ1) is 9.40. The number of nitriles is 1. The molecular weight excluding hydrogens is 258 g/mol. The van der Waals surface area contributed by atoms with Crippen LogP contribution in [0.5, 0.6) is 5.75 Å². The lowest BCUT2D eigenvalue weighted by molar-refractivity contribution is -0.125. The Balaban J connectivity index is 2.37. The first-order valence-electron chi connectivity index (χ1n) is 6.10. The predicted molar refractivity (Wildman–Crippen MR) is 70.9 cm³/mol. The molecule has 1 fully saturated rings. The summed E-state index contributed by atoms with van der Waals surface area (Å²) in [5.41, 5.74) is 0.235. The minimum absolute atomic E-state index is 0.198. The molecule has 0 aliphatic carbocycles. The molecule has 6 heteroatoms. The molecule has 0 spiro atoms. The fourth-order valence-electron chi connectivity index (χ4n) is 2.11. The predicted octanol–water partition coefficient (Wildman–Crippen LogP) is 1.40. The highest BCUT2D eigenvalue weighted by Crippen LogP contribution is 2.27. The number of urea groups is 1. The van der Waals surface area contributed by atoms with Crippen LogP contribution in [-0.4, -0.2) is 29.5 Å². The van der Waals surface area contributed by atoms with Crippen LogP contribution in [0.2, 0.25) is 0 Å². The lowest BCUT2D eigenvalue weighted by Gasteiger charge is -2.28. The largest absolute Gasteiger partial charge is 0.496 e. The van der Waals surface area contributed by atoms with E-state index in [-0.39, 0.29) is 12.5 Å². The minimum atomic E-state index is -0.926. The number of carbonyl (C=O) groups is 2. The van der Waals surface area contributed by atoms with Crippen LogP contribution in [0.25, 0.3) is 0 Å². The van der Waals surface area contributed by atoms with Gasteiger partial charge in [-0.05, 0) is 32.0 Å². The first-order valence-corrected chi connectivity index (χ1v) is 6.10. The molecule has 1 aliphatic rings. The van der Waals surface area contributed by atoms with Crippen molar-refractivity contribution >= 4 is 11.9 Å². The SMILES string of the molecule is COc1ccc(C#N)cc1CN1C(=O)NC(=O)C1(C)C. The Hall–Kier alpha value is -2.55. The molecule has 0 saturated carbocycles. The molecule has 1 N–H and O–H groups in total. The van der Waals surface area contributed by atoms with Gasteiger partial charge in [0.1, 0.15) is 11.3 Å². The number of rotatable bonds is 3. The molecule has 1 aromatic rings. The maximum atomic E-state index is 11.8. The van der Waals surface area contributed by atoms with Crippen molar-refractivity contribution in [1.29, 1.82) is 5.26 Å². The summed E-state index contributed by atoms with van der Waals surface area (Å²) >= 11 is 0. The summed E-state index contributed by atoms with van der Waals surface area (Å²) < 4.78 is 5.23. The van der Waals surface area contributed by atoms with E-state index < -0.39 is 11.6 Å². The molecule has 0 unspecified atom stereocenters. The van der Waals surface area contributed by atoms with Gasteiger partial charge >= 0.3 is 6.03 Å². The van der Waals surface area contributed by atoms with Gasteiger partial charge in [0, 0.05) is 5.56 Å². The summed E-state index contributed by atoms with van der Waals surface area (Å²) in [6.45, 7) is 3.55. The van der Waals surface area contributed by atoms with Gasteiger partial charge in [0.05, 0.1) is 25.3 Å². The van der Waals surface area contributed by atoms with Crippen molar-refractivity contribution in [3.63, 3.8) is 0 Å². The number of nitrogens with zero attached hydrogens (tertiary/aromatic N) is 2. The number of ether oxygens (including phenoxy) is 1. The molecule has 6 nitrogen and oxygen atoms in total. The van der Waals surface area contributed by atoms with Crippen molar-refractivity contribution in [1.82, 2.24) is 10.2 Å². The smallest absolute Gasteiger partial charge is 0.325 e. The Morgan fingerprint density at radius 2 is 2.10 bits per heavy atom. The normalized spacial score (nSPS) is 16.8. The zero-order chi connectivity index (χ0) is 14.9. The van der Waals surface area contributed by atoms with Gasteiger partial charge in [-0.2, -0.15) is 5.26 Å². The Labute approximate surface area is 116 Å². The number of hydrogen-bond acceptors (Lipinski definition) is 4.